The first-order chi connectivity index (χ1) is 15.5. The van der Waals surface area contributed by atoms with E-state index in [1.807, 2.05) is 0 Å². The standard InChI is InChI=1S/C22H26Cl2FN3O4S/c1-4-20(22(30)26-5-2)27(13-15-6-11-18(23)19(24)12-15)21(29)14-28(33(3,31)32)17-9-7-16(25)8-10-17/h6-12,20H,4-5,13-14H2,1-3H3,(H,26,30)/t20-/m1/s1. The van der Waals surface area contributed by atoms with Gasteiger partial charge >= 0.3 is 0 Å². The lowest BCUT2D eigenvalue weighted by Crippen LogP contribution is -2.52. The molecule has 0 aliphatic carbocycles. The number of nitrogens with zero attached hydrogens (tertiary/aromatic N) is 2. The van der Waals surface area contributed by atoms with Crippen LogP contribution in [0.25, 0.3) is 0 Å². The Hall–Kier alpha value is -2.36. The Morgan fingerprint density at radius 1 is 1.06 bits per heavy atom. The summed E-state index contributed by atoms with van der Waals surface area (Å²) in [6, 6.07) is 8.75. The highest BCUT2D eigenvalue weighted by Gasteiger charge is 2.31. The third kappa shape index (κ3) is 7.31. The van der Waals surface area contributed by atoms with Gasteiger partial charge in [0.2, 0.25) is 21.8 Å². The summed E-state index contributed by atoms with van der Waals surface area (Å²) in [5.74, 6) is -1.50. The summed E-state index contributed by atoms with van der Waals surface area (Å²) in [6.07, 6.45) is 1.25. The smallest absolute Gasteiger partial charge is 0.244 e. The summed E-state index contributed by atoms with van der Waals surface area (Å²) in [5, 5.41) is 3.34. The molecule has 11 heteroatoms. The van der Waals surface area contributed by atoms with Crippen molar-refractivity contribution in [1.82, 2.24) is 10.2 Å². The van der Waals surface area contributed by atoms with Crippen molar-refractivity contribution in [3.8, 4) is 0 Å². The second-order valence-corrected chi connectivity index (χ2v) is 10.1. The third-order valence-corrected chi connectivity index (χ3v) is 6.75. The zero-order valence-corrected chi connectivity index (χ0v) is 20.8. The second-order valence-electron chi connectivity index (χ2n) is 7.33. The predicted octanol–water partition coefficient (Wildman–Crippen LogP) is 3.84. The van der Waals surface area contributed by atoms with Crippen molar-refractivity contribution in [1.29, 1.82) is 0 Å². The van der Waals surface area contributed by atoms with Gasteiger partial charge in [-0.3, -0.25) is 13.9 Å². The number of likely N-dealkylation sites (N-methyl/N-ethyl adjacent to an activating group) is 1. The van der Waals surface area contributed by atoms with Gasteiger partial charge in [-0.25, -0.2) is 12.8 Å². The van der Waals surface area contributed by atoms with Crippen LogP contribution in [0.15, 0.2) is 42.5 Å². The number of hydrogen-bond donors (Lipinski definition) is 1. The minimum Gasteiger partial charge on any atom is -0.355 e. The molecule has 0 fully saturated rings. The fraction of sp³-hybridized carbons (Fsp3) is 0.364. The molecule has 2 aromatic rings. The molecule has 0 radical (unpaired) electrons. The van der Waals surface area contributed by atoms with Gasteiger partial charge < -0.3 is 10.2 Å². The van der Waals surface area contributed by atoms with Crippen molar-refractivity contribution in [2.75, 3.05) is 23.7 Å². The quantitative estimate of drug-likeness (QED) is 0.518. The van der Waals surface area contributed by atoms with Gasteiger partial charge in [-0.05, 0) is 55.3 Å². The number of sulfonamides is 1. The van der Waals surface area contributed by atoms with Crippen LogP contribution in [0.4, 0.5) is 10.1 Å². The number of benzene rings is 2. The van der Waals surface area contributed by atoms with E-state index in [1.54, 1.807) is 32.0 Å². The van der Waals surface area contributed by atoms with E-state index >= 15 is 0 Å². The highest BCUT2D eigenvalue weighted by Crippen LogP contribution is 2.25. The maximum absolute atomic E-state index is 13.4. The molecule has 0 aliphatic heterocycles. The number of carbonyl (C=O) groups is 2. The number of rotatable bonds is 10. The predicted molar refractivity (Wildman–Crippen MR) is 128 cm³/mol. The molecule has 2 aromatic carbocycles. The average Bonchev–Trinajstić information content (AvgIpc) is 2.74. The van der Waals surface area contributed by atoms with Crippen LogP contribution >= 0.6 is 23.2 Å². The molecule has 2 amide bonds. The molecule has 0 saturated heterocycles. The van der Waals surface area contributed by atoms with E-state index in [4.69, 9.17) is 23.2 Å². The van der Waals surface area contributed by atoms with Crippen molar-refractivity contribution in [3.63, 3.8) is 0 Å². The van der Waals surface area contributed by atoms with Gasteiger partial charge in [0.1, 0.15) is 18.4 Å². The Morgan fingerprint density at radius 2 is 1.70 bits per heavy atom. The molecule has 2 rings (SSSR count). The number of anilines is 1. The number of hydrogen-bond acceptors (Lipinski definition) is 4. The first-order valence-electron chi connectivity index (χ1n) is 10.2. The average molecular weight is 518 g/mol. The Kier molecular flexibility index (Phi) is 9.51. The van der Waals surface area contributed by atoms with Crippen molar-refractivity contribution in [2.24, 2.45) is 0 Å². The zero-order chi connectivity index (χ0) is 24.8. The summed E-state index contributed by atoms with van der Waals surface area (Å²) in [6.45, 7) is 3.32. The Bertz CT molecular complexity index is 1100. The molecular formula is C22H26Cl2FN3O4S. The first kappa shape index (κ1) is 26.9. The van der Waals surface area contributed by atoms with Crippen LogP contribution in [0.2, 0.25) is 10.0 Å². The molecule has 0 aromatic heterocycles. The van der Waals surface area contributed by atoms with Gasteiger partial charge in [-0.15, -0.1) is 0 Å². The fourth-order valence-corrected chi connectivity index (χ4v) is 4.44. The maximum Gasteiger partial charge on any atom is 0.244 e. The molecule has 33 heavy (non-hydrogen) atoms. The molecule has 7 nitrogen and oxygen atoms in total. The van der Waals surface area contributed by atoms with Crippen molar-refractivity contribution < 1.29 is 22.4 Å². The lowest BCUT2D eigenvalue weighted by Gasteiger charge is -2.32. The molecule has 1 atom stereocenters. The van der Waals surface area contributed by atoms with E-state index in [9.17, 15) is 22.4 Å². The number of amides is 2. The molecule has 0 spiro atoms. The molecular weight excluding hydrogens is 492 g/mol. The lowest BCUT2D eigenvalue weighted by molar-refractivity contribution is -0.140. The first-order valence-corrected chi connectivity index (χ1v) is 12.8. The van der Waals surface area contributed by atoms with Crippen molar-refractivity contribution >= 4 is 50.7 Å². The summed E-state index contributed by atoms with van der Waals surface area (Å²) in [5.41, 5.74) is 0.751. The molecule has 0 aliphatic rings. The monoisotopic (exact) mass is 517 g/mol. The van der Waals surface area contributed by atoms with Crippen molar-refractivity contribution in [2.45, 2.75) is 32.9 Å². The van der Waals surface area contributed by atoms with Crippen LogP contribution in [0, 0.1) is 5.82 Å². The van der Waals surface area contributed by atoms with Crippen LogP contribution < -0.4 is 9.62 Å². The van der Waals surface area contributed by atoms with Gasteiger partial charge in [-0.2, -0.15) is 0 Å². The molecule has 0 bridgehead atoms. The lowest BCUT2D eigenvalue weighted by atomic mass is 10.1. The van der Waals surface area contributed by atoms with Crippen LogP contribution in [-0.2, 0) is 26.2 Å². The summed E-state index contributed by atoms with van der Waals surface area (Å²) in [4.78, 5) is 27.4. The van der Waals surface area contributed by atoms with Gasteiger partial charge in [0.15, 0.2) is 0 Å². The van der Waals surface area contributed by atoms with Gasteiger partial charge in [-0.1, -0.05) is 36.2 Å². The molecule has 0 unspecified atom stereocenters. The maximum atomic E-state index is 13.4. The Morgan fingerprint density at radius 3 is 2.21 bits per heavy atom. The third-order valence-electron chi connectivity index (χ3n) is 4.87. The number of nitrogens with one attached hydrogen (secondary N) is 1. The van der Waals surface area contributed by atoms with Crippen LogP contribution in [-0.4, -0.2) is 50.5 Å². The zero-order valence-electron chi connectivity index (χ0n) is 18.5. The van der Waals surface area contributed by atoms with Crippen LogP contribution in [0.3, 0.4) is 0 Å². The van der Waals surface area contributed by atoms with Gasteiger partial charge in [0, 0.05) is 13.1 Å². The van der Waals surface area contributed by atoms with E-state index in [1.165, 1.54) is 17.0 Å². The van der Waals surface area contributed by atoms with Gasteiger partial charge in [0.05, 0.1) is 22.0 Å². The van der Waals surface area contributed by atoms with E-state index in [-0.39, 0.29) is 23.2 Å². The largest absolute Gasteiger partial charge is 0.355 e. The summed E-state index contributed by atoms with van der Waals surface area (Å²) < 4.78 is 39.1. The van der Waals surface area contributed by atoms with Crippen LogP contribution in [0.1, 0.15) is 25.8 Å². The molecule has 1 N–H and O–H groups in total. The van der Waals surface area contributed by atoms with E-state index in [2.05, 4.69) is 5.32 Å². The normalized spacial score (nSPS) is 12.2. The van der Waals surface area contributed by atoms with E-state index in [0.29, 0.717) is 23.6 Å². The highest BCUT2D eigenvalue weighted by molar-refractivity contribution is 7.92. The Labute approximate surface area is 203 Å². The SMILES string of the molecule is CCNC(=O)[C@@H](CC)N(Cc1ccc(Cl)c(Cl)c1)C(=O)CN(c1ccc(F)cc1)S(C)(=O)=O. The van der Waals surface area contributed by atoms with E-state index < -0.39 is 34.3 Å². The van der Waals surface area contributed by atoms with Crippen molar-refractivity contribution in [3.05, 3.63) is 63.9 Å². The second kappa shape index (κ2) is 11.7. The number of halogens is 3. The van der Waals surface area contributed by atoms with E-state index in [0.717, 1.165) is 22.7 Å². The van der Waals surface area contributed by atoms with Crippen LogP contribution in [0.5, 0.6) is 0 Å². The number of carbonyl (C=O) groups excluding carboxylic acids is 2. The summed E-state index contributed by atoms with van der Waals surface area (Å²) in [7, 11) is -3.88. The molecule has 0 heterocycles. The highest BCUT2D eigenvalue weighted by atomic mass is 35.5. The summed E-state index contributed by atoms with van der Waals surface area (Å²) >= 11 is 12.1. The minimum atomic E-state index is -3.88. The Balaban J connectivity index is 2.44. The molecule has 180 valence electrons. The fourth-order valence-electron chi connectivity index (χ4n) is 3.27. The molecule has 0 saturated carbocycles. The van der Waals surface area contributed by atoms with Gasteiger partial charge in [0.25, 0.3) is 0 Å². The topological polar surface area (TPSA) is 86.8 Å². The minimum absolute atomic E-state index is 0.00633.